The Morgan fingerprint density at radius 1 is 1.40 bits per heavy atom. The standard InChI is InChI=1S/C12H18N2O/c1-2-6-11(13)12(15)14-9-10-7-4-3-5-8-10/h3-5,7-8,11H,2,6,9,13H2,1H3,(H,14,15)/t11-/m1/s1. The van der Waals surface area contributed by atoms with Gasteiger partial charge in [-0.1, -0.05) is 43.7 Å². The molecule has 0 aliphatic rings. The summed E-state index contributed by atoms with van der Waals surface area (Å²) in [7, 11) is 0. The molecular weight excluding hydrogens is 188 g/mol. The van der Waals surface area contributed by atoms with Gasteiger partial charge in [-0.05, 0) is 12.0 Å². The Morgan fingerprint density at radius 2 is 2.07 bits per heavy atom. The second-order valence-corrected chi connectivity index (χ2v) is 3.60. The number of benzene rings is 1. The van der Waals surface area contributed by atoms with Crippen LogP contribution >= 0.6 is 0 Å². The quantitative estimate of drug-likeness (QED) is 0.765. The second-order valence-electron chi connectivity index (χ2n) is 3.60. The van der Waals surface area contributed by atoms with Crippen molar-refractivity contribution in [1.29, 1.82) is 0 Å². The zero-order chi connectivity index (χ0) is 11.1. The molecule has 3 nitrogen and oxygen atoms in total. The Balaban J connectivity index is 2.34. The first kappa shape index (κ1) is 11.7. The van der Waals surface area contributed by atoms with E-state index in [2.05, 4.69) is 5.32 Å². The van der Waals surface area contributed by atoms with E-state index >= 15 is 0 Å². The van der Waals surface area contributed by atoms with Crippen molar-refractivity contribution in [1.82, 2.24) is 5.32 Å². The minimum Gasteiger partial charge on any atom is -0.351 e. The minimum absolute atomic E-state index is 0.0688. The first-order valence-electron chi connectivity index (χ1n) is 5.31. The summed E-state index contributed by atoms with van der Waals surface area (Å²) >= 11 is 0. The van der Waals surface area contributed by atoms with Gasteiger partial charge in [0, 0.05) is 6.54 Å². The minimum atomic E-state index is -0.376. The fraction of sp³-hybridized carbons (Fsp3) is 0.417. The number of carbonyl (C=O) groups is 1. The van der Waals surface area contributed by atoms with E-state index in [9.17, 15) is 4.79 Å². The molecule has 0 aromatic heterocycles. The topological polar surface area (TPSA) is 55.1 Å². The Morgan fingerprint density at radius 3 is 2.67 bits per heavy atom. The van der Waals surface area contributed by atoms with Crippen LogP contribution in [0.25, 0.3) is 0 Å². The summed E-state index contributed by atoms with van der Waals surface area (Å²) in [6.07, 6.45) is 1.67. The molecule has 1 atom stereocenters. The summed E-state index contributed by atoms with van der Waals surface area (Å²) in [6.45, 7) is 2.57. The van der Waals surface area contributed by atoms with E-state index in [1.165, 1.54) is 0 Å². The number of nitrogens with one attached hydrogen (secondary N) is 1. The molecule has 0 spiro atoms. The van der Waals surface area contributed by atoms with Gasteiger partial charge < -0.3 is 11.1 Å². The van der Waals surface area contributed by atoms with Gasteiger partial charge in [-0.3, -0.25) is 4.79 Å². The maximum absolute atomic E-state index is 11.5. The van der Waals surface area contributed by atoms with Crippen LogP contribution in [-0.4, -0.2) is 11.9 Å². The maximum atomic E-state index is 11.5. The molecule has 15 heavy (non-hydrogen) atoms. The number of carbonyl (C=O) groups excluding carboxylic acids is 1. The first-order chi connectivity index (χ1) is 7.24. The number of nitrogens with two attached hydrogens (primary N) is 1. The van der Waals surface area contributed by atoms with Gasteiger partial charge >= 0.3 is 0 Å². The highest BCUT2D eigenvalue weighted by molar-refractivity contribution is 5.81. The summed E-state index contributed by atoms with van der Waals surface area (Å²) < 4.78 is 0. The molecule has 82 valence electrons. The molecule has 0 aliphatic heterocycles. The molecule has 0 radical (unpaired) electrons. The van der Waals surface area contributed by atoms with Gasteiger partial charge in [0.15, 0.2) is 0 Å². The van der Waals surface area contributed by atoms with E-state index in [0.29, 0.717) is 6.54 Å². The van der Waals surface area contributed by atoms with Crippen LogP contribution in [0, 0.1) is 0 Å². The normalized spacial score (nSPS) is 12.1. The summed E-state index contributed by atoms with van der Waals surface area (Å²) in [6, 6.07) is 9.44. The fourth-order valence-corrected chi connectivity index (χ4v) is 1.36. The lowest BCUT2D eigenvalue weighted by molar-refractivity contribution is -0.122. The maximum Gasteiger partial charge on any atom is 0.237 e. The van der Waals surface area contributed by atoms with Crippen molar-refractivity contribution in [3.63, 3.8) is 0 Å². The Kier molecular flexibility index (Phi) is 4.84. The van der Waals surface area contributed by atoms with Gasteiger partial charge in [0.05, 0.1) is 6.04 Å². The zero-order valence-corrected chi connectivity index (χ0v) is 9.07. The summed E-state index contributed by atoms with van der Waals surface area (Å²) in [5.41, 5.74) is 6.77. The van der Waals surface area contributed by atoms with Crippen molar-refractivity contribution < 1.29 is 4.79 Å². The van der Waals surface area contributed by atoms with Crippen LogP contribution in [0.2, 0.25) is 0 Å². The van der Waals surface area contributed by atoms with E-state index in [4.69, 9.17) is 5.73 Å². The molecule has 0 saturated carbocycles. The van der Waals surface area contributed by atoms with E-state index < -0.39 is 0 Å². The molecule has 0 aliphatic carbocycles. The average Bonchev–Trinajstić information content (AvgIpc) is 2.27. The van der Waals surface area contributed by atoms with Crippen molar-refractivity contribution in [3.8, 4) is 0 Å². The van der Waals surface area contributed by atoms with E-state index in [1.807, 2.05) is 37.3 Å². The first-order valence-corrected chi connectivity index (χ1v) is 5.31. The predicted molar refractivity (Wildman–Crippen MR) is 61.2 cm³/mol. The number of amides is 1. The van der Waals surface area contributed by atoms with Crippen LogP contribution < -0.4 is 11.1 Å². The zero-order valence-electron chi connectivity index (χ0n) is 9.07. The third-order valence-corrected chi connectivity index (χ3v) is 2.25. The molecule has 1 aromatic carbocycles. The molecule has 0 unspecified atom stereocenters. The third-order valence-electron chi connectivity index (χ3n) is 2.25. The van der Waals surface area contributed by atoms with E-state index in [0.717, 1.165) is 18.4 Å². The SMILES string of the molecule is CCC[C@@H](N)C(=O)NCc1ccccc1. The van der Waals surface area contributed by atoms with Crippen molar-refractivity contribution in [2.24, 2.45) is 5.73 Å². The Labute approximate surface area is 90.7 Å². The molecule has 3 N–H and O–H groups in total. The highest BCUT2D eigenvalue weighted by Gasteiger charge is 2.10. The lowest BCUT2D eigenvalue weighted by Crippen LogP contribution is -2.40. The third kappa shape index (κ3) is 4.13. The van der Waals surface area contributed by atoms with Gasteiger partial charge in [-0.2, -0.15) is 0 Å². The van der Waals surface area contributed by atoms with Crippen LogP contribution in [0.4, 0.5) is 0 Å². The monoisotopic (exact) mass is 206 g/mol. The molecule has 0 fully saturated rings. The number of hydrogen-bond donors (Lipinski definition) is 2. The van der Waals surface area contributed by atoms with Crippen LogP contribution in [0.15, 0.2) is 30.3 Å². The highest BCUT2D eigenvalue weighted by atomic mass is 16.2. The predicted octanol–water partition coefficient (Wildman–Crippen LogP) is 1.43. The van der Waals surface area contributed by atoms with Crippen molar-refractivity contribution in [2.45, 2.75) is 32.4 Å². The summed E-state index contributed by atoms with van der Waals surface area (Å²) in [5, 5.41) is 2.82. The highest BCUT2D eigenvalue weighted by Crippen LogP contribution is 1.98. The smallest absolute Gasteiger partial charge is 0.237 e. The molecule has 0 bridgehead atoms. The van der Waals surface area contributed by atoms with Gasteiger partial charge in [0.25, 0.3) is 0 Å². The number of hydrogen-bond acceptors (Lipinski definition) is 2. The molecular formula is C12H18N2O. The van der Waals surface area contributed by atoms with Crippen molar-refractivity contribution in [2.75, 3.05) is 0 Å². The molecule has 3 heteroatoms. The summed E-state index contributed by atoms with van der Waals surface area (Å²) in [4.78, 5) is 11.5. The lowest BCUT2D eigenvalue weighted by Gasteiger charge is -2.10. The summed E-state index contributed by atoms with van der Waals surface area (Å²) in [5.74, 6) is -0.0688. The van der Waals surface area contributed by atoms with Gasteiger partial charge in [-0.25, -0.2) is 0 Å². The molecule has 0 heterocycles. The Hall–Kier alpha value is -1.35. The lowest BCUT2D eigenvalue weighted by atomic mass is 10.1. The molecule has 1 aromatic rings. The van der Waals surface area contributed by atoms with Gasteiger partial charge in [-0.15, -0.1) is 0 Å². The van der Waals surface area contributed by atoms with Crippen LogP contribution in [0.5, 0.6) is 0 Å². The van der Waals surface area contributed by atoms with Crippen LogP contribution in [0.1, 0.15) is 25.3 Å². The number of rotatable bonds is 5. The van der Waals surface area contributed by atoms with Gasteiger partial charge in [0.1, 0.15) is 0 Å². The average molecular weight is 206 g/mol. The molecule has 0 saturated heterocycles. The second kappa shape index (κ2) is 6.19. The van der Waals surface area contributed by atoms with Crippen LogP contribution in [-0.2, 0) is 11.3 Å². The molecule has 1 amide bonds. The Bertz CT molecular complexity index is 298. The van der Waals surface area contributed by atoms with Crippen LogP contribution in [0.3, 0.4) is 0 Å². The fourth-order valence-electron chi connectivity index (χ4n) is 1.36. The van der Waals surface area contributed by atoms with E-state index in [-0.39, 0.29) is 11.9 Å². The van der Waals surface area contributed by atoms with Gasteiger partial charge in [0.2, 0.25) is 5.91 Å². The van der Waals surface area contributed by atoms with E-state index in [1.54, 1.807) is 0 Å². The van der Waals surface area contributed by atoms with Crippen molar-refractivity contribution >= 4 is 5.91 Å². The largest absolute Gasteiger partial charge is 0.351 e. The van der Waals surface area contributed by atoms with Crippen molar-refractivity contribution in [3.05, 3.63) is 35.9 Å². The molecule has 1 rings (SSSR count).